The number of carbonyl (C=O) groups excluding carboxylic acids is 1. The van der Waals surface area contributed by atoms with Crippen molar-refractivity contribution >= 4 is 96.4 Å². The average molecular weight is 595 g/mol. The zero-order chi connectivity index (χ0) is 23.0. The lowest BCUT2D eigenvalue weighted by Crippen LogP contribution is -2.11. The molecule has 5 nitrogen and oxygen atoms in total. The summed E-state index contributed by atoms with van der Waals surface area (Å²) in [6.07, 6.45) is 1.65. The SMILES string of the molecule is O=C(Nc1ccc(Br)c2cccnc12)c1ccc(COc2c(Cl)c(Cl)c(Cl)c(Cl)c2Cl)o1. The molecule has 0 unspecified atom stereocenters. The number of aromatic nitrogens is 1. The van der Waals surface area contributed by atoms with Crippen molar-refractivity contribution in [1.82, 2.24) is 4.98 Å². The van der Waals surface area contributed by atoms with Crippen LogP contribution in [-0.4, -0.2) is 10.9 Å². The van der Waals surface area contributed by atoms with E-state index >= 15 is 0 Å². The number of pyridine rings is 1. The van der Waals surface area contributed by atoms with Crippen LogP contribution in [0, 0.1) is 0 Å². The number of furan rings is 1. The molecular weight excluding hydrogens is 585 g/mol. The maximum absolute atomic E-state index is 12.7. The molecule has 4 aromatic rings. The van der Waals surface area contributed by atoms with Gasteiger partial charge >= 0.3 is 0 Å². The highest BCUT2D eigenvalue weighted by Crippen LogP contribution is 2.48. The number of anilines is 1. The van der Waals surface area contributed by atoms with Gasteiger partial charge < -0.3 is 14.5 Å². The third-order valence-corrected chi connectivity index (χ3v) is 7.31. The Morgan fingerprint density at radius 1 is 0.969 bits per heavy atom. The van der Waals surface area contributed by atoms with E-state index in [4.69, 9.17) is 67.2 Å². The van der Waals surface area contributed by atoms with Crippen molar-refractivity contribution in [3.63, 3.8) is 0 Å². The summed E-state index contributed by atoms with van der Waals surface area (Å²) in [5.74, 6) is 0.0462. The van der Waals surface area contributed by atoms with Gasteiger partial charge in [0.1, 0.15) is 22.4 Å². The molecule has 2 aromatic carbocycles. The fraction of sp³-hybridized carbons (Fsp3) is 0.0476. The van der Waals surface area contributed by atoms with Gasteiger partial charge in [-0.1, -0.05) is 80.0 Å². The number of nitrogens with zero attached hydrogens (tertiary/aromatic N) is 1. The van der Waals surface area contributed by atoms with Crippen molar-refractivity contribution in [1.29, 1.82) is 0 Å². The second kappa shape index (κ2) is 9.67. The number of halogens is 6. The summed E-state index contributed by atoms with van der Waals surface area (Å²) in [4.78, 5) is 17.0. The number of hydrogen-bond donors (Lipinski definition) is 1. The van der Waals surface area contributed by atoms with Crippen molar-refractivity contribution in [2.45, 2.75) is 6.61 Å². The Balaban J connectivity index is 1.51. The summed E-state index contributed by atoms with van der Waals surface area (Å²) >= 11 is 33.9. The topological polar surface area (TPSA) is 64.4 Å². The van der Waals surface area contributed by atoms with E-state index < -0.39 is 5.91 Å². The Labute approximate surface area is 215 Å². The fourth-order valence-electron chi connectivity index (χ4n) is 2.85. The van der Waals surface area contributed by atoms with Crippen molar-refractivity contribution in [3.05, 3.63) is 83.7 Å². The molecule has 0 radical (unpaired) electrons. The average Bonchev–Trinajstić information content (AvgIpc) is 3.27. The molecule has 0 aliphatic carbocycles. The van der Waals surface area contributed by atoms with Gasteiger partial charge in [0.2, 0.25) is 0 Å². The molecule has 0 fully saturated rings. The second-order valence-electron chi connectivity index (χ2n) is 6.40. The molecule has 0 bridgehead atoms. The molecule has 1 N–H and O–H groups in total. The lowest BCUT2D eigenvalue weighted by molar-refractivity contribution is 0.0992. The number of ether oxygens (including phenoxy) is 1. The van der Waals surface area contributed by atoms with Crippen LogP contribution in [0.25, 0.3) is 10.9 Å². The predicted octanol–water partition coefficient (Wildman–Crippen LogP) is 8.69. The number of hydrogen-bond acceptors (Lipinski definition) is 4. The van der Waals surface area contributed by atoms with E-state index in [2.05, 4.69) is 26.2 Å². The molecule has 0 saturated heterocycles. The molecule has 0 aliphatic heterocycles. The van der Waals surface area contributed by atoms with Crippen LogP contribution >= 0.6 is 73.9 Å². The Morgan fingerprint density at radius 2 is 1.66 bits per heavy atom. The summed E-state index contributed by atoms with van der Waals surface area (Å²) < 4.78 is 12.1. The Kier molecular flexibility index (Phi) is 7.10. The minimum Gasteiger partial charge on any atom is -0.482 e. The minimum absolute atomic E-state index is 0.0187. The zero-order valence-electron chi connectivity index (χ0n) is 15.7. The largest absolute Gasteiger partial charge is 0.482 e. The first kappa shape index (κ1) is 23.5. The fourth-order valence-corrected chi connectivity index (χ4v) is 4.54. The normalized spacial score (nSPS) is 11.1. The Bertz CT molecular complexity index is 1330. The summed E-state index contributed by atoms with van der Waals surface area (Å²) in [5.41, 5.74) is 1.19. The summed E-state index contributed by atoms with van der Waals surface area (Å²) in [7, 11) is 0. The number of nitrogens with one attached hydrogen (secondary N) is 1. The first-order chi connectivity index (χ1) is 15.3. The van der Waals surface area contributed by atoms with Crippen molar-refractivity contribution in [2.24, 2.45) is 0 Å². The van der Waals surface area contributed by atoms with Crippen LogP contribution in [0.5, 0.6) is 5.75 Å². The first-order valence-corrected chi connectivity index (χ1v) is 11.5. The van der Waals surface area contributed by atoms with Gasteiger partial charge in [0.15, 0.2) is 11.5 Å². The number of carbonyl (C=O) groups is 1. The molecule has 2 heterocycles. The van der Waals surface area contributed by atoms with E-state index in [0.29, 0.717) is 17.0 Å². The molecule has 11 heteroatoms. The summed E-state index contributed by atoms with van der Waals surface area (Å²) in [6, 6.07) is 10.4. The molecule has 32 heavy (non-hydrogen) atoms. The zero-order valence-corrected chi connectivity index (χ0v) is 21.1. The Hall–Kier alpha value is -1.67. The summed E-state index contributed by atoms with van der Waals surface area (Å²) in [5, 5.41) is 3.78. The number of fused-ring (bicyclic) bond motifs is 1. The van der Waals surface area contributed by atoms with Crippen LogP contribution < -0.4 is 10.1 Å². The molecule has 164 valence electrons. The molecule has 0 saturated carbocycles. The van der Waals surface area contributed by atoms with Gasteiger partial charge in [-0.2, -0.15) is 0 Å². The van der Waals surface area contributed by atoms with E-state index in [1.807, 2.05) is 18.2 Å². The van der Waals surface area contributed by atoms with Gasteiger partial charge in [-0.05, 0) is 30.3 Å². The highest BCUT2D eigenvalue weighted by molar-refractivity contribution is 9.10. The van der Waals surface area contributed by atoms with E-state index in [-0.39, 0.29) is 43.2 Å². The maximum Gasteiger partial charge on any atom is 0.291 e. The smallest absolute Gasteiger partial charge is 0.291 e. The van der Waals surface area contributed by atoms with Crippen LogP contribution in [0.3, 0.4) is 0 Å². The van der Waals surface area contributed by atoms with Gasteiger partial charge in [-0.3, -0.25) is 9.78 Å². The van der Waals surface area contributed by atoms with Crippen LogP contribution in [0.2, 0.25) is 25.1 Å². The van der Waals surface area contributed by atoms with Gasteiger partial charge in [-0.15, -0.1) is 0 Å². The lowest BCUT2D eigenvalue weighted by Gasteiger charge is -2.12. The van der Waals surface area contributed by atoms with E-state index in [9.17, 15) is 4.79 Å². The summed E-state index contributed by atoms with van der Waals surface area (Å²) in [6.45, 7) is -0.0796. The maximum atomic E-state index is 12.7. The molecule has 0 aliphatic rings. The lowest BCUT2D eigenvalue weighted by atomic mass is 10.2. The van der Waals surface area contributed by atoms with Crippen molar-refractivity contribution < 1.29 is 13.9 Å². The second-order valence-corrected chi connectivity index (χ2v) is 9.15. The molecule has 0 atom stereocenters. The van der Waals surface area contributed by atoms with E-state index in [0.717, 1.165) is 9.86 Å². The first-order valence-electron chi connectivity index (χ1n) is 8.85. The van der Waals surface area contributed by atoms with Crippen LogP contribution in [0.15, 0.2) is 51.5 Å². The third-order valence-electron chi connectivity index (χ3n) is 4.38. The highest BCUT2D eigenvalue weighted by Gasteiger charge is 2.21. The van der Waals surface area contributed by atoms with Crippen molar-refractivity contribution in [2.75, 3.05) is 5.32 Å². The quantitative estimate of drug-likeness (QED) is 0.185. The van der Waals surface area contributed by atoms with Gasteiger partial charge in [0.25, 0.3) is 5.91 Å². The third kappa shape index (κ3) is 4.53. The van der Waals surface area contributed by atoms with E-state index in [1.165, 1.54) is 6.07 Å². The molecule has 1 amide bonds. The molecule has 0 spiro atoms. The monoisotopic (exact) mass is 592 g/mol. The van der Waals surface area contributed by atoms with Gasteiger partial charge in [0, 0.05) is 16.1 Å². The van der Waals surface area contributed by atoms with Crippen LogP contribution in [0.1, 0.15) is 16.3 Å². The number of benzene rings is 2. The standard InChI is InChI=1S/C21H10BrCl5N2O3/c22-11-4-5-12(19-10(11)2-1-7-28-19)29-21(30)13-6-3-9(32-13)8-31-20-17(26)15(24)14(23)16(25)18(20)27/h1-7H,8H2,(H,29,30). The number of amides is 1. The van der Waals surface area contributed by atoms with Crippen LogP contribution in [0.4, 0.5) is 5.69 Å². The van der Waals surface area contributed by atoms with Crippen LogP contribution in [-0.2, 0) is 6.61 Å². The molecule has 2 aromatic heterocycles. The highest BCUT2D eigenvalue weighted by atomic mass is 79.9. The van der Waals surface area contributed by atoms with Crippen molar-refractivity contribution in [3.8, 4) is 5.75 Å². The number of rotatable bonds is 5. The molecule has 4 rings (SSSR count). The minimum atomic E-state index is -0.445. The Morgan fingerprint density at radius 3 is 2.38 bits per heavy atom. The van der Waals surface area contributed by atoms with Gasteiger partial charge in [-0.25, -0.2) is 0 Å². The van der Waals surface area contributed by atoms with Gasteiger partial charge in [0.05, 0.1) is 26.3 Å². The predicted molar refractivity (Wildman–Crippen MR) is 132 cm³/mol. The van der Waals surface area contributed by atoms with E-state index in [1.54, 1.807) is 18.3 Å². The molecular formula is C21H10BrCl5N2O3.